The maximum Gasteiger partial charge on any atom is 0.311 e. The lowest BCUT2D eigenvalue weighted by molar-refractivity contribution is -0.384. The highest BCUT2D eigenvalue weighted by Crippen LogP contribution is 2.27. The topological polar surface area (TPSA) is 100.0 Å². The average molecular weight is 394 g/mol. The van der Waals surface area contributed by atoms with Gasteiger partial charge in [0.1, 0.15) is 11.6 Å². The molecular formula is C21H26N6O2. The highest BCUT2D eigenvalue weighted by atomic mass is 16.6. The normalized spacial score (nSPS) is 13.9. The number of para-hydroxylation sites is 2. The second-order valence-electron chi connectivity index (χ2n) is 7.43. The number of H-pyrrole nitrogens is 1. The van der Waals surface area contributed by atoms with Crippen molar-refractivity contribution in [3.8, 4) is 0 Å². The first kappa shape index (κ1) is 19.2. The highest BCUT2D eigenvalue weighted by molar-refractivity contribution is 5.74. The van der Waals surface area contributed by atoms with Crippen LogP contribution in [-0.4, -0.2) is 39.5 Å². The van der Waals surface area contributed by atoms with Crippen molar-refractivity contribution in [2.75, 3.05) is 29.9 Å². The van der Waals surface area contributed by atoms with Crippen molar-refractivity contribution < 1.29 is 4.92 Å². The molecule has 8 nitrogen and oxygen atoms in total. The van der Waals surface area contributed by atoms with E-state index in [9.17, 15) is 10.1 Å². The van der Waals surface area contributed by atoms with Crippen molar-refractivity contribution in [3.05, 3.63) is 52.3 Å². The molecule has 152 valence electrons. The molecule has 0 amide bonds. The third-order valence-electron chi connectivity index (χ3n) is 5.31. The molecule has 1 saturated heterocycles. The molecule has 0 radical (unpaired) electrons. The monoisotopic (exact) mass is 394 g/mol. The van der Waals surface area contributed by atoms with E-state index >= 15 is 0 Å². The minimum absolute atomic E-state index is 0.0372. The van der Waals surface area contributed by atoms with Gasteiger partial charge < -0.3 is 15.2 Å². The summed E-state index contributed by atoms with van der Waals surface area (Å²) < 4.78 is 0. The summed E-state index contributed by atoms with van der Waals surface area (Å²) in [5.41, 5.74) is 2.11. The smallest absolute Gasteiger partial charge is 0.311 e. The number of hydrogen-bond donors (Lipinski definition) is 2. The average Bonchev–Trinajstić information content (AvgIpc) is 3.39. The Bertz CT molecular complexity index is 947. The quantitative estimate of drug-likeness (QED) is 0.319. The molecule has 1 fully saturated rings. The maximum absolute atomic E-state index is 11.3. The Labute approximate surface area is 169 Å². The molecule has 0 spiro atoms. The van der Waals surface area contributed by atoms with Crippen LogP contribution in [0.4, 0.5) is 17.3 Å². The van der Waals surface area contributed by atoms with Crippen molar-refractivity contribution in [1.82, 2.24) is 15.0 Å². The number of nitro groups is 1. The third kappa shape index (κ3) is 4.64. The number of rotatable bonds is 9. The number of hydrogen-bond acceptors (Lipinski definition) is 6. The molecule has 3 heterocycles. The van der Waals surface area contributed by atoms with Crippen molar-refractivity contribution in [2.24, 2.45) is 0 Å². The van der Waals surface area contributed by atoms with E-state index in [0.29, 0.717) is 12.4 Å². The van der Waals surface area contributed by atoms with Crippen molar-refractivity contribution in [2.45, 2.75) is 38.5 Å². The van der Waals surface area contributed by atoms with Crippen molar-refractivity contribution in [1.29, 1.82) is 0 Å². The number of aromatic amines is 1. The summed E-state index contributed by atoms with van der Waals surface area (Å²) in [7, 11) is 0. The zero-order valence-corrected chi connectivity index (χ0v) is 16.4. The van der Waals surface area contributed by atoms with Crippen LogP contribution >= 0.6 is 0 Å². The van der Waals surface area contributed by atoms with E-state index in [1.54, 1.807) is 12.1 Å². The molecule has 8 heteroatoms. The van der Waals surface area contributed by atoms with Crippen LogP contribution in [0, 0.1) is 10.1 Å². The molecule has 2 N–H and O–H groups in total. The molecule has 0 bridgehead atoms. The van der Waals surface area contributed by atoms with Crippen LogP contribution in [-0.2, 0) is 6.42 Å². The number of anilines is 2. The van der Waals surface area contributed by atoms with Gasteiger partial charge in [-0.3, -0.25) is 10.1 Å². The fourth-order valence-corrected chi connectivity index (χ4v) is 3.77. The lowest BCUT2D eigenvalue weighted by Crippen LogP contribution is -2.19. The number of unbranched alkanes of at least 4 members (excludes halogenated alkanes) is 2. The lowest BCUT2D eigenvalue weighted by atomic mass is 10.2. The molecule has 0 unspecified atom stereocenters. The van der Waals surface area contributed by atoms with Crippen molar-refractivity contribution in [3.63, 3.8) is 0 Å². The summed E-state index contributed by atoms with van der Waals surface area (Å²) in [6.45, 7) is 2.59. The summed E-state index contributed by atoms with van der Waals surface area (Å²) in [5, 5.41) is 14.5. The van der Waals surface area contributed by atoms with Gasteiger partial charge in [0.15, 0.2) is 0 Å². The molecule has 29 heavy (non-hydrogen) atoms. The van der Waals surface area contributed by atoms with Gasteiger partial charge in [0.25, 0.3) is 0 Å². The second-order valence-corrected chi connectivity index (χ2v) is 7.43. The zero-order chi connectivity index (χ0) is 20.1. The van der Waals surface area contributed by atoms with Crippen LogP contribution in [0.1, 0.15) is 37.9 Å². The minimum atomic E-state index is -0.370. The van der Waals surface area contributed by atoms with Gasteiger partial charge in [0.05, 0.1) is 16.0 Å². The van der Waals surface area contributed by atoms with E-state index in [1.807, 2.05) is 24.3 Å². The molecule has 1 aliphatic heterocycles. The van der Waals surface area contributed by atoms with Crippen LogP contribution in [0.2, 0.25) is 0 Å². The Morgan fingerprint density at radius 3 is 2.69 bits per heavy atom. The van der Waals surface area contributed by atoms with Gasteiger partial charge in [-0.05, 0) is 43.9 Å². The van der Waals surface area contributed by atoms with Crippen LogP contribution in [0.3, 0.4) is 0 Å². The highest BCUT2D eigenvalue weighted by Gasteiger charge is 2.20. The van der Waals surface area contributed by atoms with Crippen LogP contribution in [0.5, 0.6) is 0 Å². The minimum Gasteiger partial charge on any atom is -0.364 e. The Morgan fingerprint density at radius 2 is 1.90 bits per heavy atom. The first-order valence-corrected chi connectivity index (χ1v) is 10.3. The Balaban J connectivity index is 1.27. The second kappa shape index (κ2) is 8.89. The summed E-state index contributed by atoms with van der Waals surface area (Å²) in [6, 6.07) is 11.3. The molecule has 0 atom stereocenters. The fourth-order valence-electron chi connectivity index (χ4n) is 3.77. The van der Waals surface area contributed by atoms with Gasteiger partial charge in [0, 0.05) is 32.1 Å². The standard InChI is InChI=1S/C21H26N6O2/c28-27(29)18-11-12-20(26-14-6-7-15-26)25-21(18)22-13-5-1-2-10-19-23-16-8-3-4-9-17(16)24-19/h3-4,8-9,11-12H,1-2,5-7,10,13-15H2,(H,22,25)(H,23,24). The maximum atomic E-state index is 11.3. The predicted octanol–water partition coefficient (Wildman–Crippen LogP) is 4.29. The van der Waals surface area contributed by atoms with E-state index in [4.69, 9.17) is 0 Å². The van der Waals surface area contributed by atoms with Gasteiger partial charge in [0.2, 0.25) is 5.82 Å². The first-order valence-electron chi connectivity index (χ1n) is 10.3. The molecule has 3 aromatic rings. The molecular weight excluding hydrogens is 368 g/mol. The molecule has 0 aliphatic carbocycles. The molecule has 2 aromatic heterocycles. The summed E-state index contributed by atoms with van der Waals surface area (Å²) in [4.78, 5) is 25.6. The van der Waals surface area contributed by atoms with E-state index in [2.05, 4.69) is 25.2 Å². The number of pyridine rings is 1. The van der Waals surface area contributed by atoms with Gasteiger partial charge in [-0.15, -0.1) is 0 Å². The van der Waals surface area contributed by atoms with Gasteiger partial charge >= 0.3 is 5.69 Å². The SMILES string of the molecule is O=[N+]([O-])c1ccc(N2CCCC2)nc1NCCCCCc1nc2ccccc2[nH]1. The van der Waals surface area contributed by atoms with Crippen LogP contribution in [0.15, 0.2) is 36.4 Å². The number of aromatic nitrogens is 3. The van der Waals surface area contributed by atoms with E-state index in [1.165, 1.54) is 0 Å². The number of fused-ring (bicyclic) bond motifs is 1. The summed E-state index contributed by atoms with van der Waals surface area (Å²) in [5.74, 6) is 2.20. The zero-order valence-electron chi connectivity index (χ0n) is 16.4. The van der Waals surface area contributed by atoms with Crippen LogP contribution < -0.4 is 10.2 Å². The molecule has 4 rings (SSSR count). The van der Waals surface area contributed by atoms with Gasteiger partial charge in [-0.2, -0.15) is 0 Å². The number of nitrogens with one attached hydrogen (secondary N) is 2. The summed E-state index contributed by atoms with van der Waals surface area (Å²) in [6.07, 6.45) is 6.15. The van der Waals surface area contributed by atoms with Crippen molar-refractivity contribution >= 4 is 28.4 Å². The third-order valence-corrected chi connectivity index (χ3v) is 5.31. The van der Waals surface area contributed by atoms with E-state index in [0.717, 1.165) is 74.3 Å². The van der Waals surface area contributed by atoms with E-state index < -0.39 is 0 Å². The predicted molar refractivity (Wildman–Crippen MR) is 114 cm³/mol. The Kier molecular flexibility index (Phi) is 5.88. The molecule has 1 aromatic carbocycles. The number of benzene rings is 1. The molecule has 1 aliphatic rings. The number of nitrogens with zero attached hydrogens (tertiary/aromatic N) is 4. The Morgan fingerprint density at radius 1 is 1.07 bits per heavy atom. The fraction of sp³-hybridized carbons (Fsp3) is 0.429. The Hall–Kier alpha value is -3.16. The first-order chi connectivity index (χ1) is 14.2. The van der Waals surface area contributed by atoms with Gasteiger partial charge in [-0.1, -0.05) is 18.6 Å². The summed E-state index contributed by atoms with van der Waals surface area (Å²) >= 11 is 0. The molecule has 0 saturated carbocycles. The van der Waals surface area contributed by atoms with Gasteiger partial charge in [-0.25, -0.2) is 9.97 Å². The van der Waals surface area contributed by atoms with Crippen LogP contribution in [0.25, 0.3) is 11.0 Å². The lowest BCUT2D eigenvalue weighted by Gasteiger charge is -2.17. The largest absolute Gasteiger partial charge is 0.364 e. The number of aryl methyl sites for hydroxylation is 1. The number of imidazole rings is 1. The van der Waals surface area contributed by atoms with E-state index in [-0.39, 0.29) is 10.6 Å².